The van der Waals surface area contributed by atoms with Gasteiger partial charge in [-0.3, -0.25) is 0 Å². The maximum absolute atomic E-state index is 4.82. The Bertz CT molecular complexity index is 1120. The van der Waals surface area contributed by atoms with E-state index in [-0.39, 0.29) is 20.1 Å². The van der Waals surface area contributed by atoms with Crippen molar-refractivity contribution in [3.63, 3.8) is 0 Å². The molecule has 0 unspecified atom stereocenters. The van der Waals surface area contributed by atoms with Crippen LogP contribution in [0.1, 0.15) is 48.6 Å². The molecule has 26 heavy (non-hydrogen) atoms. The predicted molar refractivity (Wildman–Crippen MR) is 105 cm³/mol. The third-order valence-electron chi connectivity index (χ3n) is 6.16. The van der Waals surface area contributed by atoms with Crippen molar-refractivity contribution in [3.05, 3.63) is 65.9 Å². The number of benzene rings is 2. The minimum atomic E-state index is 0. The molecule has 1 radical (unpaired) electrons. The number of fused-ring (bicyclic) bond motifs is 5. The summed E-state index contributed by atoms with van der Waals surface area (Å²) in [5.41, 5.74) is 5.31. The Morgan fingerprint density at radius 3 is 2.50 bits per heavy atom. The van der Waals surface area contributed by atoms with Crippen LogP contribution < -0.4 is 0 Å². The Labute approximate surface area is 170 Å². The molecule has 2 heterocycles. The van der Waals surface area contributed by atoms with Gasteiger partial charge in [0.2, 0.25) is 0 Å². The molecular weight excluding hydrogens is 515 g/mol. The van der Waals surface area contributed by atoms with E-state index in [1.165, 1.54) is 51.4 Å². The van der Waals surface area contributed by atoms with Gasteiger partial charge in [-0.2, -0.15) is 11.3 Å². The Hall–Kier alpha value is -1.54. The molecule has 1 fully saturated rings. The molecule has 0 atom stereocenters. The quantitative estimate of drug-likeness (QED) is 0.250. The smallest absolute Gasteiger partial charge is 0.0246 e. The van der Waals surface area contributed by atoms with Crippen LogP contribution in [0.5, 0.6) is 0 Å². The van der Waals surface area contributed by atoms with E-state index in [4.69, 9.17) is 4.98 Å². The molecule has 0 amide bonds. The molecule has 3 aliphatic carbocycles. The average Bonchev–Trinajstić information content (AvgIpc) is 3.06. The van der Waals surface area contributed by atoms with Crippen LogP contribution in [0.25, 0.3) is 31.4 Å². The van der Waals surface area contributed by atoms with E-state index >= 15 is 0 Å². The van der Waals surface area contributed by atoms with Crippen molar-refractivity contribution in [2.24, 2.45) is 0 Å². The second-order valence-corrected chi connectivity index (χ2v) is 8.55. The molecule has 2 aromatic heterocycles. The summed E-state index contributed by atoms with van der Waals surface area (Å²) in [7, 11) is 0. The van der Waals surface area contributed by atoms with Crippen molar-refractivity contribution >= 4 is 31.5 Å². The largest absolute Gasteiger partial charge is 0.304 e. The molecule has 2 aromatic carbocycles. The Kier molecular flexibility index (Phi) is 4.00. The third-order valence-corrected chi connectivity index (χ3v) is 7.29. The zero-order chi connectivity index (χ0) is 16.4. The number of pyridine rings is 1. The second-order valence-electron chi connectivity index (χ2n) is 7.47. The topological polar surface area (TPSA) is 12.9 Å². The fourth-order valence-electron chi connectivity index (χ4n) is 4.85. The summed E-state index contributed by atoms with van der Waals surface area (Å²) < 4.78 is 2.68. The van der Waals surface area contributed by atoms with Gasteiger partial charge in [-0.05, 0) is 70.5 Å². The van der Waals surface area contributed by atoms with Crippen molar-refractivity contribution in [2.75, 3.05) is 0 Å². The molecule has 0 aliphatic heterocycles. The van der Waals surface area contributed by atoms with Crippen molar-refractivity contribution in [1.29, 1.82) is 0 Å². The van der Waals surface area contributed by atoms with E-state index in [1.807, 2.05) is 11.3 Å². The van der Waals surface area contributed by atoms with Gasteiger partial charge in [-0.25, -0.2) is 0 Å². The van der Waals surface area contributed by atoms with Gasteiger partial charge in [-0.1, -0.05) is 29.7 Å². The zero-order valence-electron chi connectivity index (χ0n) is 14.3. The molecular formula is C23H18IrNS-. The maximum Gasteiger partial charge on any atom is 0.0246 e. The predicted octanol–water partition coefficient (Wildman–Crippen LogP) is 6.67. The van der Waals surface area contributed by atoms with Crippen molar-refractivity contribution in [3.8, 4) is 11.3 Å². The van der Waals surface area contributed by atoms with Gasteiger partial charge < -0.3 is 4.98 Å². The first-order valence-electron chi connectivity index (χ1n) is 9.20. The summed E-state index contributed by atoms with van der Waals surface area (Å²) in [5, 5.41) is 2.64. The Balaban J connectivity index is 0.00000150. The molecule has 0 saturated heterocycles. The first-order chi connectivity index (χ1) is 12.4. The van der Waals surface area contributed by atoms with Crippen LogP contribution in [0.3, 0.4) is 0 Å². The third kappa shape index (κ3) is 2.41. The van der Waals surface area contributed by atoms with E-state index in [9.17, 15) is 0 Å². The zero-order valence-corrected chi connectivity index (χ0v) is 17.5. The monoisotopic (exact) mass is 533 g/mol. The van der Waals surface area contributed by atoms with Gasteiger partial charge in [0.15, 0.2) is 0 Å². The summed E-state index contributed by atoms with van der Waals surface area (Å²) in [6, 6.07) is 18.9. The van der Waals surface area contributed by atoms with Crippen molar-refractivity contribution in [1.82, 2.24) is 4.98 Å². The Morgan fingerprint density at radius 1 is 0.885 bits per heavy atom. The standard InChI is InChI=1S/C23H18NS.Ir/c1-2-4-22-17(3-1)18-10-9-16(11-23(18)25-22)21-12-19-14-5-7-15(8-6-14)20(19)13-24-21;/h1-4,10-15H,5-8H2;/q-1;. The summed E-state index contributed by atoms with van der Waals surface area (Å²) in [5.74, 6) is 1.52. The van der Waals surface area contributed by atoms with Crippen LogP contribution in [-0.2, 0) is 20.1 Å². The van der Waals surface area contributed by atoms with Crippen LogP contribution in [0.4, 0.5) is 0 Å². The molecule has 7 rings (SSSR count). The number of hydrogen-bond acceptors (Lipinski definition) is 2. The van der Waals surface area contributed by atoms with Gasteiger partial charge in [0.25, 0.3) is 0 Å². The van der Waals surface area contributed by atoms with E-state index < -0.39 is 0 Å². The number of hydrogen-bond donors (Lipinski definition) is 0. The van der Waals surface area contributed by atoms with Crippen LogP contribution in [0, 0.1) is 6.07 Å². The van der Waals surface area contributed by atoms with Crippen LogP contribution >= 0.6 is 11.3 Å². The Morgan fingerprint density at radius 2 is 1.65 bits per heavy atom. The molecule has 0 spiro atoms. The second kappa shape index (κ2) is 6.27. The van der Waals surface area contributed by atoms with Crippen LogP contribution in [-0.4, -0.2) is 4.98 Å². The summed E-state index contributed by atoms with van der Waals surface area (Å²) in [6.07, 6.45) is 7.60. The molecule has 4 aromatic rings. The van der Waals surface area contributed by atoms with E-state index in [0.717, 1.165) is 23.1 Å². The van der Waals surface area contributed by atoms with E-state index in [0.29, 0.717) is 0 Å². The molecule has 0 N–H and O–H groups in total. The first-order valence-corrected chi connectivity index (χ1v) is 10.0. The van der Waals surface area contributed by atoms with Gasteiger partial charge in [0.1, 0.15) is 0 Å². The summed E-state index contributed by atoms with van der Waals surface area (Å²) >= 11 is 1.86. The fraction of sp³-hybridized carbons (Fsp3) is 0.261. The van der Waals surface area contributed by atoms with Crippen molar-refractivity contribution in [2.45, 2.75) is 37.5 Å². The van der Waals surface area contributed by atoms with Crippen LogP contribution in [0.15, 0.2) is 48.7 Å². The van der Waals surface area contributed by atoms with E-state index in [2.05, 4.69) is 54.7 Å². The molecule has 2 bridgehead atoms. The van der Waals surface area contributed by atoms with Crippen LogP contribution in [0.2, 0.25) is 0 Å². The summed E-state index contributed by atoms with van der Waals surface area (Å²) in [6.45, 7) is 0. The number of rotatable bonds is 1. The molecule has 131 valence electrons. The first kappa shape index (κ1) is 16.6. The van der Waals surface area contributed by atoms with Crippen molar-refractivity contribution < 1.29 is 20.1 Å². The molecule has 3 aliphatic rings. The molecule has 3 heteroatoms. The number of aromatic nitrogens is 1. The SMILES string of the molecule is [Ir].[c-]1cc2c(cc1-c1cc3c(cn1)C1CCC3CC1)sc1ccccc12. The number of thiophene rings is 1. The van der Waals surface area contributed by atoms with Gasteiger partial charge in [0.05, 0.1) is 0 Å². The van der Waals surface area contributed by atoms with Gasteiger partial charge >= 0.3 is 0 Å². The fourth-order valence-corrected chi connectivity index (χ4v) is 5.98. The number of nitrogens with zero attached hydrogens (tertiary/aromatic N) is 1. The van der Waals surface area contributed by atoms with Gasteiger partial charge in [0, 0.05) is 31.0 Å². The van der Waals surface area contributed by atoms with Gasteiger partial charge in [-0.15, -0.1) is 23.8 Å². The summed E-state index contributed by atoms with van der Waals surface area (Å²) in [4.78, 5) is 4.82. The average molecular weight is 533 g/mol. The normalized spacial score (nSPS) is 20.9. The van der Waals surface area contributed by atoms with E-state index in [1.54, 1.807) is 5.56 Å². The molecule has 1 nitrogen and oxygen atoms in total. The molecule has 1 saturated carbocycles. The minimum Gasteiger partial charge on any atom is -0.304 e. The minimum absolute atomic E-state index is 0. The maximum atomic E-state index is 4.82.